The Morgan fingerprint density at radius 3 is 3.09 bits per heavy atom. The molecule has 1 heterocycles. The van der Waals surface area contributed by atoms with Crippen LogP contribution in [0, 0.1) is 13.8 Å². The molecule has 1 aromatic carbocycles. The van der Waals surface area contributed by atoms with Gasteiger partial charge < -0.3 is 5.32 Å². The normalized spacial score (nSPS) is 16.7. The fourth-order valence-corrected chi connectivity index (χ4v) is 3.26. The Labute approximate surface area is 137 Å². The van der Waals surface area contributed by atoms with Crippen LogP contribution < -0.4 is 5.32 Å². The summed E-state index contributed by atoms with van der Waals surface area (Å²) in [4.78, 5) is 11.9. The molecule has 0 bridgehead atoms. The summed E-state index contributed by atoms with van der Waals surface area (Å²) in [6.07, 6.45) is 6.93. The van der Waals surface area contributed by atoms with Gasteiger partial charge >= 0.3 is 0 Å². The molecule has 23 heavy (non-hydrogen) atoms. The first-order valence-corrected chi connectivity index (χ1v) is 8.15. The first-order chi connectivity index (χ1) is 11.1. The average molecular weight is 309 g/mol. The maximum atomic E-state index is 11.9. The van der Waals surface area contributed by atoms with E-state index in [1.54, 1.807) is 6.08 Å². The predicted octanol–water partition coefficient (Wildman–Crippen LogP) is 3.56. The molecule has 1 aliphatic rings. The third-order valence-electron chi connectivity index (χ3n) is 4.65. The van der Waals surface area contributed by atoms with Crippen LogP contribution in [0.25, 0.3) is 5.69 Å². The summed E-state index contributed by atoms with van der Waals surface area (Å²) in [5.74, 6) is 0.0253. The summed E-state index contributed by atoms with van der Waals surface area (Å²) >= 11 is 0. The summed E-state index contributed by atoms with van der Waals surface area (Å²) in [6.45, 7) is 7.87. The van der Waals surface area contributed by atoms with Crippen LogP contribution in [0.3, 0.4) is 0 Å². The molecule has 4 nitrogen and oxygen atoms in total. The zero-order chi connectivity index (χ0) is 16.4. The van der Waals surface area contributed by atoms with Gasteiger partial charge in [0.25, 0.3) is 0 Å². The summed E-state index contributed by atoms with van der Waals surface area (Å²) in [6, 6.07) is 6.35. The lowest BCUT2D eigenvalue weighted by atomic mass is 9.92. The van der Waals surface area contributed by atoms with Crippen LogP contribution in [0.1, 0.15) is 47.7 Å². The summed E-state index contributed by atoms with van der Waals surface area (Å²) in [7, 11) is 0. The van der Waals surface area contributed by atoms with Crippen molar-refractivity contribution >= 4 is 5.91 Å². The van der Waals surface area contributed by atoms with Crippen molar-refractivity contribution in [1.82, 2.24) is 15.1 Å². The molecular formula is C19H23N3O. The van der Waals surface area contributed by atoms with E-state index in [9.17, 15) is 4.79 Å². The Hall–Kier alpha value is -2.36. The number of carbonyl (C=O) groups excluding carboxylic acids is 1. The fourth-order valence-electron chi connectivity index (χ4n) is 3.26. The molecule has 0 saturated carbocycles. The molecule has 0 aliphatic heterocycles. The minimum Gasteiger partial charge on any atom is -0.349 e. The quantitative estimate of drug-likeness (QED) is 0.878. The van der Waals surface area contributed by atoms with E-state index in [0.29, 0.717) is 6.42 Å². The number of nitrogens with zero attached hydrogens (tertiary/aromatic N) is 2. The van der Waals surface area contributed by atoms with Crippen molar-refractivity contribution in [3.63, 3.8) is 0 Å². The van der Waals surface area contributed by atoms with Crippen LogP contribution in [0.2, 0.25) is 0 Å². The smallest absolute Gasteiger partial charge is 0.224 e. The predicted molar refractivity (Wildman–Crippen MR) is 91.7 cm³/mol. The zero-order valence-corrected chi connectivity index (χ0v) is 13.8. The Morgan fingerprint density at radius 1 is 1.48 bits per heavy atom. The van der Waals surface area contributed by atoms with E-state index in [2.05, 4.69) is 49.0 Å². The monoisotopic (exact) mass is 309 g/mol. The fraction of sp³-hybridized carbons (Fsp3) is 0.368. The molecule has 1 atom stereocenters. The topological polar surface area (TPSA) is 46.9 Å². The summed E-state index contributed by atoms with van der Waals surface area (Å²) < 4.78 is 2.05. The first kappa shape index (κ1) is 15.5. The van der Waals surface area contributed by atoms with Crippen molar-refractivity contribution < 1.29 is 4.79 Å². The second-order valence-corrected chi connectivity index (χ2v) is 6.18. The highest BCUT2D eigenvalue weighted by Crippen LogP contribution is 2.32. The number of fused-ring (bicyclic) bond motifs is 1. The maximum Gasteiger partial charge on any atom is 0.224 e. The lowest BCUT2D eigenvalue weighted by Crippen LogP contribution is -2.30. The van der Waals surface area contributed by atoms with Gasteiger partial charge in [0, 0.05) is 17.7 Å². The number of carbonyl (C=O) groups is 1. The Bertz CT molecular complexity index is 745. The Balaban J connectivity index is 1.95. The molecular weight excluding hydrogens is 286 g/mol. The molecule has 1 aromatic heterocycles. The van der Waals surface area contributed by atoms with Gasteiger partial charge in [-0.3, -0.25) is 4.79 Å². The van der Waals surface area contributed by atoms with Crippen LogP contribution >= 0.6 is 0 Å². The lowest BCUT2D eigenvalue weighted by Gasteiger charge is -2.24. The largest absolute Gasteiger partial charge is 0.349 e. The van der Waals surface area contributed by atoms with Gasteiger partial charge in [0.1, 0.15) is 0 Å². The van der Waals surface area contributed by atoms with Gasteiger partial charge in [0.15, 0.2) is 0 Å². The summed E-state index contributed by atoms with van der Waals surface area (Å²) in [5.41, 5.74) is 6.00. The highest BCUT2D eigenvalue weighted by Gasteiger charge is 2.26. The molecule has 2 aromatic rings. The molecule has 0 fully saturated rings. The molecule has 1 N–H and O–H groups in total. The molecule has 4 heteroatoms. The third kappa shape index (κ3) is 2.93. The van der Waals surface area contributed by atoms with E-state index in [1.165, 1.54) is 16.8 Å². The number of amides is 1. The molecule has 1 unspecified atom stereocenters. The number of aromatic nitrogens is 2. The van der Waals surface area contributed by atoms with E-state index in [1.807, 2.05) is 10.9 Å². The third-order valence-corrected chi connectivity index (χ3v) is 4.65. The SMILES string of the molecule is C=CCC(=O)NC1CCCc2c1cnn2-c1cccc(C)c1C. The van der Waals surface area contributed by atoms with Crippen molar-refractivity contribution in [1.29, 1.82) is 0 Å². The van der Waals surface area contributed by atoms with Crippen molar-refractivity contribution in [2.24, 2.45) is 0 Å². The number of nitrogens with one attached hydrogen (secondary N) is 1. The average Bonchev–Trinajstić information content (AvgIpc) is 2.95. The molecule has 1 amide bonds. The van der Waals surface area contributed by atoms with Crippen LogP contribution in [0.5, 0.6) is 0 Å². The van der Waals surface area contributed by atoms with Gasteiger partial charge in [-0.2, -0.15) is 5.10 Å². The molecule has 1 aliphatic carbocycles. The highest BCUT2D eigenvalue weighted by molar-refractivity contribution is 5.77. The Kier molecular flexibility index (Phi) is 4.33. The van der Waals surface area contributed by atoms with Crippen LogP contribution in [-0.4, -0.2) is 15.7 Å². The number of aryl methyl sites for hydroxylation is 1. The van der Waals surface area contributed by atoms with E-state index < -0.39 is 0 Å². The van der Waals surface area contributed by atoms with E-state index in [-0.39, 0.29) is 11.9 Å². The first-order valence-electron chi connectivity index (χ1n) is 8.15. The minimum atomic E-state index is 0.0253. The second-order valence-electron chi connectivity index (χ2n) is 6.18. The molecule has 3 rings (SSSR count). The van der Waals surface area contributed by atoms with Gasteiger partial charge in [-0.1, -0.05) is 18.2 Å². The number of hydrogen-bond acceptors (Lipinski definition) is 2. The maximum absolute atomic E-state index is 11.9. The number of rotatable bonds is 4. The molecule has 0 radical (unpaired) electrons. The Morgan fingerprint density at radius 2 is 2.30 bits per heavy atom. The van der Waals surface area contributed by atoms with E-state index >= 15 is 0 Å². The van der Waals surface area contributed by atoms with Crippen LogP contribution in [-0.2, 0) is 11.2 Å². The lowest BCUT2D eigenvalue weighted by molar-refractivity contribution is -0.121. The van der Waals surface area contributed by atoms with Gasteiger partial charge in [-0.05, 0) is 50.3 Å². The number of benzene rings is 1. The van der Waals surface area contributed by atoms with E-state index in [0.717, 1.165) is 30.5 Å². The molecule has 120 valence electrons. The van der Waals surface area contributed by atoms with Crippen molar-refractivity contribution in [2.75, 3.05) is 0 Å². The van der Waals surface area contributed by atoms with Gasteiger partial charge in [-0.15, -0.1) is 6.58 Å². The van der Waals surface area contributed by atoms with E-state index in [4.69, 9.17) is 0 Å². The van der Waals surface area contributed by atoms with Crippen LogP contribution in [0.4, 0.5) is 0 Å². The second kappa shape index (κ2) is 6.41. The molecule has 0 spiro atoms. The van der Waals surface area contributed by atoms with Gasteiger partial charge in [0.05, 0.1) is 17.9 Å². The van der Waals surface area contributed by atoms with Crippen molar-refractivity contribution in [3.05, 3.63) is 59.4 Å². The standard InChI is InChI=1S/C19H23N3O/c1-4-7-19(23)21-16-9-6-11-18-15(16)12-20-22(18)17-10-5-8-13(2)14(17)3/h4-5,8,10,12,16H,1,6-7,9,11H2,2-3H3,(H,21,23). The van der Waals surface area contributed by atoms with Crippen LogP contribution in [0.15, 0.2) is 37.1 Å². The van der Waals surface area contributed by atoms with Crippen molar-refractivity contribution in [3.8, 4) is 5.69 Å². The van der Waals surface area contributed by atoms with Gasteiger partial charge in [-0.25, -0.2) is 4.68 Å². The molecule has 0 saturated heterocycles. The zero-order valence-electron chi connectivity index (χ0n) is 13.8. The number of hydrogen-bond donors (Lipinski definition) is 1. The van der Waals surface area contributed by atoms with Gasteiger partial charge in [0.2, 0.25) is 5.91 Å². The van der Waals surface area contributed by atoms with Crippen molar-refractivity contribution in [2.45, 2.75) is 45.6 Å². The summed E-state index contributed by atoms with van der Waals surface area (Å²) in [5, 5.41) is 7.72. The minimum absolute atomic E-state index is 0.0253. The highest BCUT2D eigenvalue weighted by atomic mass is 16.1.